The smallest absolute Gasteiger partial charge is 0.252 e. The Morgan fingerprint density at radius 2 is 2.17 bits per heavy atom. The van der Waals surface area contributed by atoms with E-state index in [-0.39, 0.29) is 23.4 Å². The van der Waals surface area contributed by atoms with Gasteiger partial charge in [-0.15, -0.1) is 0 Å². The number of alkyl halides is 2. The first-order valence-corrected chi connectivity index (χ1v) is 9.42. The van der Waals surface area contributed by atoms with Crippen LogP contribution in [0.3, 0.4) is 0 Å². The molecule has 0 saturated carbocycles. The molecule has 3 aromatic heterocycles. The molecule has 2 atom stereocenters. The van der Waals surface area contributed by atoms with Crippen LogP contribution in [-0.4, -0.2) is 55.0 Å². The summed E-state index contributed by atoms with van der Waals surface area (Å²) in [6, 6.07) is 2.70. The number of aromatic nitrogens is 4. The molecule has 0 aromatic carbocycles. The van der Waals surface area contributed by atoms with Crippen LogP contribution in [0, 0.1) is 0 Å². The van der Waals surface area contributed by atoms with Gasteiger partial charge < -0.3 is 16.2 Å². The lowest BCUT2D eigenvalue weighted by molar-refractivity contribution is -0.00307. The molecule has 0 bridgehead atoms. The summed E-state index contributed by atoms with van der Waals surface area (Å²) < 4.78 is 29.5. The number of carbonyl (C=O) groups excluding carboxylic acids is 1. The zero-order valence-corrected chi connectivity index (χ0v) is 16.9. The minimum absolute atomic E-state index is 0.0444. The molecule has 4 N–H and O–H groups in total. The monoisotopic (exact) mass is 418 g/mol. The average molecular weight is 418 g/mol. The van der Waals surface area contributed by atoms with Crippen LogP contribution in [-0.2, 0) is 6.42 Å². The number of pyridine rings is 1. The molecule has 1 amide bonds. The van der Waals surface area contributed by atoms with Gasteiger partial charge in [0.15, 0.2) is 0 Å². The van der Waals surface area contributed by atoms with Crippen molar-refractivity contribution < 1.29 is 18.7 Å². The zero-order chi connectivity index (χ0) is 22.1. The molecule has 1 unspecified atom stereocenters. The van der Waals surface area contributed by atoms with Crippen LogP contribution >= 0.6 is 0 Å². The highest BCUT2D eigenvalue weighted by atomic mass is 19.1. The standard InChI is InChI=1S/C20H24F2N6O2/c1-11(8-21)26-14-7-16(28-5-4-12-9-24-10-25-19(12)28)27-13(17(14)18(23)29)6-15(22)20(2,3)30/h4-5,7,9-11,15,30H,6,8H2,1-3H3,(H2,23,29)(H,26,27)/t11?,15-/m1/s1. The molecule has 30 heavy (non-hydrogen) atoms. The van der Waals surface area contributed by atoms with E-state index in [0.717, 1.165) is 5.39 Å². The molecule has 3 heterocycles. The summed E-state index contributed by atoms with van der Waals surface area (Å²) in [5.74, 6) is -0.500. The maximum absolute atomic E-state index is 14.7. The number of rotatable bonds is 8. The van der Waals surface area contributed by atoms with Crippen molar-refractivity contribution >= 4 is 22.6 Å². The zero-order valence-electron chi connectivity index (χ0n) is 16.9. The third kappa shape index (κ3) is 4.38. The minimum Gasteiger partial charge on any atom is -0.387 e. The lowest BCUT2D eigenvalue weighted by Gasteiger charge is -2.24. The van der Waals surface area contributed by atoms with Crippen LogP contribution in [0.5, 0.6) is 0 Å². The van der Waals surface area contributed by atoms with Crippen LogP contribution in [0.25, 0.3) is 16.9 Å². The van der Waals surface area contributed by atoms with E-state index < -0.39 is 30.4 Å². The molecule has 10 heteroatoms. The van der Waals surface area contributed by atoms with E-state index in [1.54, 1.807) is 30.0 Å². The molecule has 0 saturated heterocycles. The summed E-state index contributed by atoms with van der Waals surface area (Å²) in [4.78, 5) is 24.8. The van der Waals surface area contributed by atoms with Gasteiger partial charge in [0.1, 0.15) is 30.6 Å². The fourth-order valence-electron chi connectivity index (χ4n) is 3.03. The average Bonchev–Trinajstić information content (AvgIpc) is 3.10. The molecular formula is C20H24F2N6O2. The molecule has 8 nitrogen and oxygen atoms in total. The molecule has 0 spiro atoms. The summed E-state index contributed by atoms with van der Waals surface area (Å²) in [5, 5.41) is 13.7. The van der Waals surface area contributed by atoms with E-state index in [0.29, 0.717) is 11.5 Å². The number of carbonyl (C=O) groups is 1. The topological polar surface area (TPSA) is 119 Å². The Kier molecular flexibility index (Phi) is 5.97. The molecule has 0 aliphatic carbocycles. The summed E-state index contributed by atoms with van der Waals surface area (Å²) in [6.45, 7) is 3.55. The fourth-order valence-corrected chi connectivity index (χ4v) is 3.03. The number of hydrogen-bond acceptors (Lipinski definition) is 6. The quantitative estimate of drug-likeness (QED) is 0.517. The van der Waals surface area contributed by atoms with E-state index in [9.17, 15) is 18.7 Å². The van der Waals surface area contributed by atoms with Crippen molar-refractivity contribution in [3.63, 3.8) is 0 Å². The highest BCUT2D eigenvalue weighted by molar-refractivity contribution is 6.00. The second-order valence-corrected chi connectivity index (χ2v) is 7.73. The van der Waals surface area contributed by atoms with Crippen LogP contribution in [0.1, 0.15) is 36.8 Å². The Bertz CT molecular complexity index is 1060. The number of fused-ring (bicyclic) bond motifs is 1. The Balaban J connectivity index is 2.21. The van der Waals surface area contributed by atoms with Crippen molar-refractivity contribution in [2.24, 2.45) is 5.73 Å². The van der Waals surface area contributed by atoms with Crippen molar-refractivity contribution in [2.45, 2.75) is 45.0 Å². The normalized spacial score (nSPS) is 13.9. The summed E-state index contributed by atoms with van der Waals surface area (Å²) in [6.07, 6.45) is 2.65. The SMILES string of the molecule is CC(CF)Nc1cc(-n2ccc3cncnc32)nc(C[C@@H](F)C(C)(C)O)c1C(N)=O. The van der Waals surface area contributed by atoms with Crippen molar-refractivity contribution in [3.05, 3.63) is 42.1 Å². The van der Waals surface area contributed by atoms with Gasteiger partial charge in [0.05, 0.1) is 28.6 Å². The molecule has 3 aromatic rings. The largest absolute Gasteiger partial charge is 0.387 e. The third-order valence-electron chi connectivity index (χ3n) is 4.70. The molecule has 0 aliphatic heterocycles. The second kappa shape index (κ2) is 8.31. The van der Waals surface area contributed by atoms with Gasteiger partial charge in [0.25, 0.3) is 5.91 Å². The van der Waals surface area contributed by atoms with Gasteiger partial charge in [0.2, 0.25) is 0 Å². The van der Waals surface area contributed by atoms with E-state index >= 15 is 0 Å². The van der Waals surface area contributed by atoms with Crippen LogP contribution in [0.4, 0.5) is 14.5 Å². The van der Waals surface area contributed by atoms with Gasteiger partial charge in [-0.2, -0.15) is 0 Å². The predicted molar refractivity (Wildman–Crippen MR) is 109 cm³/mol. The number of hydrogen-bond donors (Lipinski definition) is 3. The van der Waals surface area contributed by atoms with Crippen LogP contribution in [0.15, 0.2) is 30.9 Å². The Labute approximate surface area is 172 Å². The fraction of sp³-hybridized carbons (Fsp3) is 0.400. The lowest BCUT2D eigenvalue weighted by atomic mass is 9.96. The maximum atomic E-state index is 14.7. The van der Waals surface area contributed by atoms with E-state index in [2.05, 4.69) is 20.3 Å². The maximum Gasteiger partial charge on any atom is 0.252 e. The van der Waals surface area contributed by atoms with Crippen LogP contribution in [0.2, 0.25) is 0 Å². The number of halogens is 2. The van der Waals surface area contributed by atoms with Gasteiger partial charge in [-0.3, -0.25) is 9.36 Å². The van der Waals surface area contributed by atoms with Crippen molar-refractivity contribution in [1.29, 1.82) is 0 Å². The van der Waals surface area contributed by atoms with Crippen molar-refractivity contribution in [2.75, 3.05) is 12.0 Å². The predicted octanol–water partition coefficient (Wildman–Crippen LogP) is 2.34. The first-order valence-electron chi connectivity index (χ1n) is 9.42. The Hall–Kier alpha value is -3.14. The summed E-state index contributed by atoms with van der Waals surface area (Å²) in [5.41, 5.74) is 4.69. The molecule has 0 radical (unpaired) electrons. The Morgan fingerprint density at radius 1 is 1.43 bits per heavy atom. The number of nitrogens with two attached hydrogens (primary N) is 1. The van der Waals surface area contributed by atoms with Crippen molar-refractivity contribution in [1.82, 2.24) is 19.5 Å². The summed E-state index contributed by atoms with van der Waals surface area (Å²) in [7, 11) is 0. The van der Waals surface area contributed by atoms with Crippen molar-refractivity contribution in [3.8, 4) is 5.82 Å². The number of anilines is 1. The minimum atomic E-state index is -1.71. The number of nitrogens with zero attached hydrogens (tertiary/aromatic N) is 4. The molecule has 160 valence electrons. The van der Waals surface area contributed by atoms with Gasteiger partial charge >= 0.3 is 0 Å². The van der Waals surface area contributed by atoms with Crippen LogP contribution < -0.4 is 11.1 Å². The molecule has 0 aliphatic rings. The first kappa shape index (κ1) is 21.6. The second-order valence-electron chi connectivity index (χ2n) is 7.73. The number of primary amides is 1. The first-order chi connectivity index (χ1) is 14.1. The molecular weight excluding hydrogens is 394 g/mol. The number of nitrogens with one attached hydrogen (secondary N) is 1. The molecule has 0 fully saturated rings. The van der Waals surface area contributed by atoms with E-state index in [1.807, 2.05) is 0 Å². The van der Waals surface area contributed by atoms with Gasteiger partial charge in [-0.05, 0) is 26.8 Å². The third-order valence-corrected chi connectivity index (χ3v) is 4.70. The van der Waals surface area contributed by atoms with Gasteiger partial charge in [-0.1, -0.05) is 0 Å². The number of aliphatic hydroxyl groups is 1. The highest BCUT2D eigenvalue weighted by Crippen LogP contribution is 2.28. The number of amides is 1. The molecule has 3 rings (SSSR count). The Morgan fingerprint density at radius 3 is 2.80 bits per heavy atom. The van der Waals surface area contributed by atoms with Gasteiger partial charge in [-0.25, -0.2) is 23.7 Å². The van der Waals surface area contributed by atoms with Gasteiger partial charge in [0, 0.05) is 30.3 Å². The summed E-state index contributed by atoms with van der Waals surface area (Å²) >= 11 is 0. The van der Waals surface area contributed by atoms with E-state index in [1.165, 1.54) is 26.2 Å². The lowest BCUT2D eigenvalue weighted by Crippen LogP contribution is -2.35. The highest BCUT2D eigenvalue weighted by Gasteiger charge is 2.30. The van der Waals surface area contributed by atoms with E-state index in [4.69, 9.17) is 5.73 Å².